The minimum absolute atomic E-state index is 0.111. The predicted octanol–water partition coefficient (Wildman–Crippen LogP) is 2.54. The van der Waals surface area contributed by atoms with E-state index in [1.165, 1.54) is 23.8 Å². The number of phenolic OH excluding ortho intramolecular Hbond substituents is 1. The Morgan fingerprint density at radius 2 is 2.16 bits per heavy atom. The van der Waals surface area contributed by atoms with Gasteiger partial charge in [-0.2, -0.15) is 0 Å². The highest BCUT2D eigenvalue weighted by atomic mass is 32.2. The number of thioether (sulfide) groups is 1. The van der Waals surface area contributed by atoms with Crippen molar-refractivity contribution < 1.29 is 14.6 Å². The summed E-state index contributed by atoms with van der Waals surface area (Å²) in [4.78, 5) is 13.9. The third-order valence-electron chi connectivity index (χ3n) is 2.79. The van der Waals surface area contributed by atoms with Gasteiger partial charge in [0.2, 0.25) is 0 Å². The van der Waals surface area contributed by atoms with Crippen molar-refractivity contribution in [3.8, 4) is 11.5 Å². The van der Waals surface area contributed by atoms with Gasteiger partial charge in [0.25, 0.3) is 5.91 Å². The summed E-state index contributed by atoms with van der Waals surface area (Å²) >= 11 is 6.34. The van der Waals surface area contributed by atoms with Crippen LogP contribution in [0.3, 0.4) is 0 Å². The van der Waals surface area contributed by atoms with Crippen LogP contribution < -0.4 is 4.74 Å². The number of amides is 1. The van der Waals surface area contributed by atoms with Crippen molar-refractivity contribution in [2.75, 3.05) is 14.2 Å². The molecule has 0 saturated carbocycles. The van der Waals surface area contributed by atoms with E-state index in [2.05, 4.69) is 0 Å². The molecule has 1 fully saturated rings. The second-order valence-electron chi connectivity index (χ2n) is 4.13. The third-order valence-corrected chi connectivity index (χ3v) is 4.28. The zero-order valence-electron chi connectivity index (χ0n) is 10.8. The fourth-order valence-electron chi connectivity index (χ4n) is 1.71. The van der Waals surface area contributed by atoms with Gasteiger partial charge in [0.1, 0.15) is 4.32 Å². The Kier molecular flexibility index (Phi) is 3.82. The smallest absolute Gasteiger partial charge is 0.265 e. The number of ether oxygens (including phenoxy) is 1. The van der Waals surface area contributed by atoms with Crippen LogP contribution in [0.15, 0.2) is 17.0 Å². The number of aromatic hydroxyl groups is 1. The molecule has 0 atom stereocenters. The lowest BCUT2D eigenvalue weighted by Crippen LogP contribution is -2.22. The predicted molar refractivity (Wildman–Crippen MR) is 80.3 cm³/mol. The van der Waals surface area contributed by atoms with Crippen molar-refractivity contribution in [1.82, 2.24) is 4.90 Å². The largest absolute Gasteiger partial charge is 0.504 e. The van der Waals surface area contributed by atoms with Crippen LogP contribution in [0, 0.1) is 6.92 Å². The summed E-state index contributed by atoms with van der Waals surface area (Å²) < 4.78 is 5.63. The lowest BCUT2D eigenvalue weighted by molar-refractivity contribution is -0.121. The molecule has 19 heavy (non-hydrogen) atoms. The van der Waals surface area contributed by atoms with Gasteiger partial charge in [-0.05, 0) is 36.3 Å². The number of benzene rings is 1. The molecular formula is C13H13NO3S2. The Morgan fingerprint density at radius 3 is 2.68 bits per heavy atom. The number of likely N-dealkylation sites (N-methyl/N-ethyl adjacent to an activating group) is 1. The Hall–Kier alpha value is -1.53. The van der Waals surface area contributed by atoms with Crippen LogP contribution in [0.25, 0.3) is 6.08 Å². The van der Waals surface area contributed by atoms with E-state index in [4.69, 9.17) is 17.0 Å². The molecule has 0 bridgehead atoms. The van der Waals surface area contributed by atoms with Gasteiger partial charge in [-0.25, -0.2) is 0 Å². The number of carbonyl (C=O) groups is 1. The normalized spacial score (nSPS) is 17.4. The van der Waals surface area contributed by atoms with E-state index in [1.807, 2.05) is 0 Å². The molecule has 1 heterocycles. The second kappa shape index (κ2) is 5.22. The fourth-order valence-corrected chi connectivity index (χ4v) is 2.89. The number of thiocarbonyl (C=S) groups is 1. The van der Waals surface area contributed by atoms with E-state index in [1.54, 1.807) is 32.2 Å². The van der Waals surface area contributed by atoms with Gasteiger partial charge >= 0.3 is 0 Å². The van der Waals surface area contributed by atoms with Crippen molar-refractivity contribution in [2.45, 2.75) is 6.92 Å². The van der Waals surface area contributed by atoms with Gasteiger partial charge in [-0.15, -0.1) is 0 Å². The summed E-state index contributed by atoms with van der Waals surface area (Å²) in [5.74, 6) is 0.389. The molecule has 2 rings (SSSR count). The lowest BCUT2D eigenvalue weighted by Gasteiger charge is -2.08. The van der Waals surface area contributed by atoms with Gasteiger partial charge in [-0.3, -0.25) is 9.69 Å². The molecule has 1 aromatic rings. The lowest BCUT2D eigenvalue weighted by atomic mass is 10.1. The molecule has 1 aliphatic rings. The van der Waals surface area contributed by atoms with Crippen molar-refractivity contribution in [3.05, 3.63) is 28.2 Å². The molecule has 0 unspecified atom stereocenters. The summed E-state index contributed by atoms with van der Waals surface area (Å²) in [5.41, 5.74) is 1.48. The first kappa shape index (κ1) is 13.9. The summed E-state index contributed by atoms with van der Waals surface area (Å²) in [5, 5.41) is 9.77. The van der Waals surface area contributed by atoms with Gasteiger partial charge < -0.3 is 9.84 Å². The average Bonchev–Trinajstić information content (AvgIpc) is 2.61. The Morgan fingerprint density at radius 1 is 1.47 bits per heavy atom. The number of hydrogen-bond donors (Lipinski definition) is 1. The average molecular weight is 295 g/mol. The first-order valence-electron chi connectivity index (χ1n) is 5.53. The van der Waals surface area contributed by atoms with Crippen LogP contribution in [0.1, 0.15) is 11.1 Å². The summed E-state index contributed by atoms with van der Waals surface area (Å²) in [6.07, 6.45) is 1.75. The SMILES string of the molecule is COc1cc(/C=C2\SC(=S)N(C)C2=O)cc(C)c1O. The van der Waals surface area contributed by atoms with Crippen LogP contribution in [-0.4, -0.2) is 34.4 Å². The zero-order valence-corrected chi connectivity index (χ0v) is 12.4. The number of hydrogen-bond acceptors (Lipinski definition) is 5. The maximum Gasteiger partial charge on any atom is 0.265 e. The quantitative estimate of drug-likeness (QED) is 0.671. The first-order chi connectivity index (χ1) is 8.93. The summed E-state index contributed by atoms with van der Waals surface area (Å²) in [6.45, 7) is 1.78. The number of nitrogens with zero attached hydrogens (tertiary/aromatic N) is 1. The number of carbonyl (C=O) groups excluding carboxylic acids is 1. The Bertz CT molecular complexity index is 596. The molecule has 0 aromatic heterocycles. The Labute approximate surface area is 121 Å². The molecule has 0 radical (unpaired) electrons. The molecule has 0 spiro atoms. The van der Waals surface area contributed by atoms with Crippen LogP contribution in [0.2, 0.25) is 0 Å². The van der Waals surface area contributed by atoms with Crippen molar-refractivity contribution >= 4 is 40.3 Å². The maximum atomic E-state index is 11.9. The maximum absolute atomic E-state index is 11.9. The molecule has 4 nitrogen and oxygen atoms in total. The minimum Gasteiger partial charge on any atom is -0.504 e. The molecular weight excluding hydrogens is 282 g/mol. The molecule has 6 heteroatoms. The highest BCUT2D eigenvalue weighted by Crippen LogP contribution is 2.35. The molecule has 0 aliphatic carbocycles. The van der Waals surface area contributed by atoms with Crippen LogP contribution in [-0.2, 0) is 4.79 Å². The highest BCUT2D eigenvalue weighted by Gasteiger charge is 2.28. The van der Waals surface area contributed by atoms with Crippen molar-refractivity contribution in [1.29, 1.82) is 0 Å². The second-order valence-corrected chi connectivity index (χ2v) is 5.81. The monoisotopic (exact) mass is 295 g/mol. The van der Waals surface area contributed by atoms with Crippen molar-refractivity contribution in [3.63, 3.8) is 0 Å². The molecule has 1 amide bonds. The number of phenols is 1. The van der Waals surface area contributed by atoms with E-state index >= 15 is 0 Å². The van der Waals surface area contributed by atoms with E-state index in [0.717, 1.165) is 5.56 Å². The molecule has 1 N–H and O–H groups in total. The van der Waals surface area contributed by atoms with E-state index in [-0.39, 0.29) is 11.7 Å². The third kappa shape index (κ3) is 2.59. The first-order valence-corrected chi connectivity index (χ1v) is 6.75. The highest BCUT2D eigenvalue weighted by molar-refractivity contribution is 8.26. The van der Waals surface area contributed by atoms with Crippen molar-refractivity contribution in [2.24, 2.45) is 0 Å². The number of methoxy groups -OCH3 is 1. The van der Waals surface area contributed by atoms with E-state index in [9.17, 15) is 9.90 Å². The number of aryl methyl sites for hydroxylation is 1. The Balaban J connectivity index is 2.42. The standard InChI is InChI=1S/C13H13NO3S2/c1-7-4-8(5-9(17-3)11(7)15)6-10-12(16)14(2)13(18)19-10/h4-6,15H,1-3H3/b10-6-. The zero-order chi connectivity index (χ0) is 14.2. The summed E-state index contributed by atoms with van der Waals surface area (Å²) in [6, 6.07) is 3.48. The summed E-state index contributed by atoms with van der Waals surface area (Å²) in [7, 11) is 3.14. The van der Waals surface area contributed by atoms with Crippen LogP contribution in [0.5, 0.6) is 11.5 Å². The number of rotatable bonds is 2. The van der Waals surface area contributed by atoms with Crippen LogP contribution in [0.4, 0.5) is 0 Å². The molecule has 1 saturated heterocycles. The van der Waals surface area contributed by atoms with Crippen LogP contribution >= 0.6 is 24.0 Å². The van der Waals surface area contributed by atoms with E-state index < -0.39 is 0 Å². The molecule has 1 aliphatic heterocycles. The van der Waals surface area contributed by atoms with E-state index in [0.29, 0.717) is 20.5 Å². The van der Waals surface area contributed by atoms with Gasteiger partial charge in [0.05, 0.1) is 12.0 Å². The van der Waals surface area contributed by atoms with Gasteiger partial charge in [0.15, 0.2) is 11.5 Å². The minimum atomic E-state index is -0.111. The molecule has 100 valence electrons. The van der Waals surface area contributed by atoms with Gasteiger partial charge in [-0.1, -0.05) is 24.0 Å². The molecule has 1 aromatic carbocycles. The topological polar surface area (TPSA) is 49.8 Å². The fraction of sp³-hybridized carbons (Fsp3) is 0.231. The van der Waals surface area contributed by atoms with Gasteiger partial charge in [0, 0.05) is 7.05 Å².